The average molecular weight is 1450 g/mol. The minimum absolute atomic E-state index is 0.00954. The van der Waals surface area contributed by atoms with Crippen LogP contribution in [0.4, 0.5) is 17.6 Å². The van der Waals surface area contributed by atoms with Crippen molar-refractivity contribution in [2.75, 3.05) is 88.1 Å². The second-order valence-electron chi connectivity index (χ2n) is 30.8. The van der Waals surface area contributed by atoms with Gasteiger partial charge in [-0.25, -0.2) is 4.39 Å². The van der Waals surface area contributed by atoms with E-state index in [0.717, 1.165) is 21.1 Å². The normalized spacial score (nSPS) is 30.2. The summed E-state index contributed by atoms with van der Waals surface area (Å²) in [6.45, 7) is 11.7. The molecular weight excluding hydrogens is 1340 g/mol. The number of likely N-dealkylation sites (tertiary alicyclic amines) is 1. The Morgan fingerprint density at radius 1 is 0.594 bits per heavy atom. The number of alkyl halides is 5. The molecule has 0 bridgehead atoms. The predicted molar refractivity (Wildman–Crippen MR) is 372 cm³/mol. The lowest BCUT2D eigenvalue weighted by Gasteiger charge is -2.41. The number of hydrogen-bond acceptors (Lipinski definition) is 12. The Morgan fingerprint density at radius 3 is 1.77 bits per heavy atom. The van der Waals surface area contributed by atoms with Crippen LogP contribution in [0.1, 0.15) is 196 Å². The van der Waals surface area contributed by atoms with Crippen molar-refractivity contribution in [2.24, 2.45) is 35.5 Å². The van der Waals surface area contributed by atoms with Crippen molar-refractivity contribution in [1.82, 2.24) is 60.0 Å². The van der Waals surface area contributed by atoms with Crippen molar-refractivity contribution in [3.8, 4) is 0 Å². The van der Waals surface area contributed by atoms with Crippen LogP contribution in [0.15, 0.2) is 0 Å². The first kappa shape index (κ1) is 83.6. The van der Waals surface area contributed by atoms with Crippen molar-refractivity contribution < 1.29 is 75.1 Å². The number of halogens is 5. The Bertz CT molecular complexity index is 2910. The molecule has 6 fully saturated rings. The first-order chi connectivity index (χ1) is 47.4. The van der Waals surface area contributed by atoms with E-state index in [1.165, 1.54) is 66.8 Å². The Balaban J connectivity index is 1.42. The van der Waals surface area contributed by atoms with Crippen LogP contribution in [0.3, 0.4) is 0 Å². The molecule has 3 unspecified atom stereocenters. The molecule has 572 valence electrons. The topological polar surface area (TPSA) is 270 Å². The zero-order chi connectivity index (χ0) is 75.1. The molecular formula is C72H117ClF4N12O12. The maximum absolute atomic E-state index is 15.5. The van der Waals surface area contributed by atoms with Crippen LogP contribution in [0, 0.1) is 35.5 Å². The summed E-state index contributed by atoms with van der Waals surface area (Å²) >= 11 is 6.52. The summed E-state index contributed by atoms with van der Waals surface area (Å²) in [6, 6.07) is -8.88. The van der Waals surface area contributed by atoms with Crippen molar-refractivity contribution >= 4 is 82.5 Å². The molecule has 6 rings (SSSR count). The largest absolute Gasteiger partial charge is 0.394 e. The van der Waals surface area contributed by atoms with Gasteiger partial charge in [-0.05, 0) is 159 Å². The molecule has 0 aromatic heterocycles. The van der Waals surface area contributed by atoms with Crippen molar-refractivity contribution in [3.05, 3.63) is 0 Å². The van der Waals surface area contributed by atoms with Gasteiger partial charge in [0.05, 0.1) is 32.0 Å². The van der Waals surface area contributed by atoms with Gasteiger partial charge in [-0.3, -0.25) is 57.5 Å². The molecule has 0 aromatic rings. The number of piperidine rings is 1. The molecule has 3 heterocycles. The SMILES string of the molecule is CC[C@H](C)[C@@H]1NC(=O)[C@H](CC(C)C)N(C)C(=O)C[C@@H](C(=O)N2CCCCC2)N(C)C(=O)[C@H](CC(C)C)N(C)C(=O)C2(CCCC2)NC(=O)[C@@H]2CCCN2C(=O)[C@H](CCC2CCC(C(F)(F)F)C(F)C2)NC(=O)CN(C)C(=O)[C@H](CC2CCC(Cl)CC2)N(CC)C(=O)CN(C)C(=O)CN(C)C1=O. The van der Waals surface area contributed by atoms with Crippen LogP contribution >= 0.6 is 11.6 Å². The van der Waals surface area contributed by atoms with E-state index in [1.807, 2.05) is 34.6 Å². The van der Waals surface area contributed by atoms with Gasteiger partial charge in [-0.1, -0.05) is 60.8 Å². The molecule has 3 saturated carbocycles. The first-order valence-corrected chi connectivity index (χ1v) is 37.6. The van der Waals surface area contributed by atoms with Crippen LogP contribution in [-0.2, 0) is 57.5 Å². The molecule has 12 amide bonds. The van der Waals surface area contributed by atoms with E-state index in [-0.39, 0.29) is 94.0 Å². The fourth-order valence-electron chi connectivity index (χ4n) is 15.9. The fraction of sp³-hybridized carbons (Fsp3) is 0.833. The Kier molecular flexibility index (Phi) is 30.9. The molecule has 24 nitrogen and oxygen atoms in total. The van der Waals surface area contributed by atoms with E-state index in [2.05, 4.69) is 16.0 Å². The van der Waals surface area contributed by atoms with Crippen LogP contribution in [0.25, 0.3) is 0 Å². The lowest BCUT2D eigenvalue weighted by Crippen LogP contribution is -2.64. The summed E-state index contributed by atoms with van der Waals surface area (Å²) in [5.41, 5.74) is -1.59. The minimum atomic E-state index is -4.76. The minimum Gasteiger partial charge on any atom is -0.343 e. The number of fused-ring (bicyclic) bond motifs is 1. The van der Waals surface area contributed by atoms with Crippen molar-refractivity contribution in [3.63, 3.8) is 0 Å². The van der Waals surface area contributed by atoms with Gasteiger partial charge in [-0.15, -0.1) is 11.6 Å². The molecule has 3 N–H and O–H groups in total. The highest BCUT2D eigenvalue weighted by molar-refractivity contribution is 6.20. The standard InChI is InChI=1S/C72H117ClF4N12O12/c1-14-46(7)62-69(100)83(10)42-60(92)81(8)43-61(93)88(15-2)57(39-48-23-27-49(73)28-24-48)66(97)82(9)41-58(90)78-52(30-26-47-25-29-50(51(74)38-47)72(75,76)77)65(96)89-35-21-22-53(89)64(95)80-71(31-17-18-32-71)70(101)86(13)55(37-45(5)6)67(98)85(12)56(68(99)87-33-19-16-20-34-87)40-59(91)84(11)54(36-44(3)4)63(94)79-62/h44-57,62H,14-43H2,1-13H3,(H,78,90)(H,79,94)(H,80,95)/t46-,47?,48?,49?,50?,51?,52-,53-,54-,55-,56-,57-,62-/m0/s1. The predicted octanol–water partition coefficient (Wildman–Crippen LogP) is 6.29. The third-order valence-corrected chi connectivity index (χ3v) is 22.8. The van der Waals surface area contributed by atoms with Gasteiger partial charge in [0.25, 0.3) is 0 Å². The van der Waals surface area contributed by atoms with Gasteiger partial charge >= 0.3 is 6.18 Å². The summed E-state index contributed by atoms with van der Waals surface area (Å²) < 4.78 is 56.9. The van der Waals surface area contributed by atoms with Crippen LogP contribution < -0.4 is 16.0 Å². The summed E-state index contributed by atoms with van der Waals surface area (Å²) in [6.07, 6.45) is -1.36. The highest BCUT2D eigenvalue weighted by atomic mass is 35.5. The number of carbonyl (C=O) groups is 12. The summed E-state index contributed by atoms with van der Waals surface area (Å²) in [5, 5.41) is 8.61. The third kappa shape index (κ3) is 21.9. The molecule has 3 aliphatic carbocycles. The number of likely N-dealkylation sites (N-methyl/N-ethyl adjacent to an activating group) is 7. The Labute approximate surface area is 600 Å². The quantitative estimate of drug-likeness (QED) is 0.136. The average Bonchev–Trinajstić information content (AvgIpc) is 1.74. The number of rotatable bonds is 13. The van der Waals surface area contributed by atoms with Crippen molar-refractivity contribution in [1.29, 1.82) is 0 Å². The smallest absolute Gasteiger partial charge is 0.343 e. The second-order valence-corrected chi connectivity index (χ2v) is 31.5. The monoisotopic (exact) mass is 1450 g/mol. The van der Waals surface area contributed by atoms with Gasteiger partial charge in [-0.2, -0.15) is 13.2 Å². The molecule has 11 atom stereocenters. The van der Waals surface area contributed by atoms with Gasteiger partial charge in [0.1, 0.15) is 54.0 Å². The van der Waals surface area contributed by atoms with Gasteiger partial charge < -0.3 is 60.0 Å². The fourth-order valence-corrected chi connectivity index (χ4v) is 16.1. The number of nitrogens with zero attached hydrogens (tertiary/aromatic N) is 9. The van der Waals surface area contributed by atoms with E-state index in [9.17, 15) is 41.9 Å². The number of carbonyl (C=O) groups excluding carboxylic acids is 12. The second kappa shape index (κ2) is 37.4. The zero-order valence-corrected chi connectivity index (χ0v) is 62.9. The van der Waals surface area contributed by atoms with Gasteiger partial charge in [0.2, 0.25) is 70.9 Å². The molecule has 101 heavy (non-hydrogen) atoms. The molecule has 1 spiro atoms. The third-order valence-electron chi connectivity index (χ3n) is 22.4. The molecule has 3 saturated heterocycles. The number of hydrogen-bond donors (Lipinski definition) is 3. The van der Waals surface area contributed by atoms with Crippen LogP contribution in [0.5, 0.6) is 0 Å². The summed E-state index contributed by atoms with van der Waals surface area (Å²) in [5.74, 6) is -11.7. The van der Waals surface area contributed by atoms with E-state index < -0.39 is 188 Å². The highest BCUT2D eigenvalue weighted by Gasteiger charge is 2.52. The maximum atomic E-state index is 15.5. The van der Waals surface area contributed by atoms with Crippen molar-refractivity contribution in [2.45, 2.75) is 262 Å². The molecule has 0 aromatic carbocycles. The van der Waals surface area contributed by atoms with Crippen LogP contribution in [0.2, 0.25) is 0 Å². The van der Waals surface area contributed by atoms with E-state index >= 15 is 33.2 Å². The zero-order valence-electron chi connectivity index (χ0n) is 62.2. The van der Waals surface area contributed by atoms with E-state index in [1.54, 1.807) is 18.7 Å². The molecule has 0 radical (unpaired) electrons. The van der Waals surface area contributed by atoms with E-state index in [0.29, 0.717) is 77.3 Å². The highest BCUT2D eigenvalue weighted by Crippen LogP contribution is 2.43. The number of amides is 12. The summed E-state index contributed by atoms with van der Waals surface area (Å²) in [7, 11) is 8.42. The van der Waals surface area contributed by atoms with E-state index in [4.69, 9.17) is 11.6 Å². The maximum Gasteiger partial charge on any atom is 0.394 e. The van der Waals surface area contributed by atoms with Gasteiger partial charge in [0, 0.05) is 73.8 Å². The van der Waals surface area contributed by atoms with Gasteiger partial charge in [0.15, 0.2) is 0 Å². The van der Waals surface area contributed by atoms with Crippen LogP contribution in [-0.4, -0.2) is 269 Å². The molecule has 29 heteroatoms. The summed E-state index contributed by atoms with van der Waals surface area (Å²) in [4.78, 5) is 190. The lowest BCUT2D eigenvalue weighted by atomic mass is 9.78. The first-order valence-electron chi connectivity index (χ1n) is 37.1. The lowest BCUT2D eigenvalue weighted by molar-refractivity contribution is -0.201. The Morgan fingerprint density at radius 2 is 1.19 bits per heavy atom. The molecule has 6 aliphatic rings. The number of nitrogens with one attached hydrogen (secondary N) is 3. The Hall–Kier alpha value is -6.35. The molecule has 3 aliphatic heterocycles.